The van der Waals surface area contributed by atoms with Crippen molar-refractivity contribution in [2.75, 3.05) is 0 Å². The third-order valence-corrected chi connectivity index (χ3v) is 6.18. The molecule has 0 fully saturated rings. The molecule has 0 unspecified atom stereocenters. The van der Waals surface area contributed by atoms with Gasteiger partial charge in [0.2, 0.25) is 10.0 Å². The number of benzene rings is 2. The Hall–Kier alpha value is -0.400. The molecule has 0 aliphatic rings. The Bertz CT molecular complexity index is 748. The van der Waals surface area contributed by atoms with Crippen molar-refractivity contribution in [2.45, 2.75) is 17.9 Å². The van der Waals surface area contributed by atoms with Crippen molar-refractivity contribution in [3.8, 4) is 0 Å². The van der Waals surface area contributed by atoms with Crippen LogP contribution in [-0.4, -0.2) is 8.42 Å². The average Bonchev–Trinajstić information content (AvgIpc) is 2.42. The van der Waals surface area contributed by atoms with Gasteiger partial charge in [-0.05, 0) is 58.7 Å². The van der Waals surface area contributed by atoms with E-state index in [2.05, 4.69) is 36.6 Å². The van der Waals surface area contributed by atoms with Crippen LogP contribution in [0.5, 0.6) is 0 Å². The largest absolute Gasteiger partial charge is 0.241 e. The van der Waals surface area contributed by atoms with Gasteiger partial charge >= 0.3 is 0 Å². The molecule has 3 nitrogen and oxygen atoms in total. The van der Waals surface area contributed by atoms with Crippen LogP contribution in [0.2, 0.25) is 5.02 Å². The van der Waals surface area contributed by atoms with E-state index in [1.165, 1.54) is 12.1 Å². The molecule has 0 heterocycles. The summed E-state index contributed by atoms with van der Waals surface area (Å²) in [4.78, 5) is 0.169. The molecule has 112 valence electrons. The van der Waals surface area contributed by atoms with Gasteiger partial charge in [-0.15, -0.1) is 0 Å². The minimum atomic E-state index is -3.61. The van der Waals surface area contributed by atoms with E-state index in [1.807, 2.05) is 24.3 Å². The number of nitrogens with one attached hydrogen (secondary N) is 1. The summed E-state index contributed by atoms with van der Waals surface area (Å²) in [5.41, 5.74) is 0.884. The van der Waals surface area contributed by atoms with Crippen LogP contribution >= 0.6 is 43.5 Å². The fraction of sp³-hybridized carbons (Fsp3) is 0.143. The topological polar surface area (TPSA) is 46.2 Å². The minimum absolute atomic E-state index is 0.169. The molecule has 1 N–H and O–H groups in total. The van der Waals surface area contributed by atoms with Crippen molar-refractivity contribution >= 4 is 53.5 Å². The molecule has 0 aliphatic heterocycles. The van der Waals surface area contributed by atoms with Crippen LogP contribution in [0.25, 0.3) is 0 Å². The van der Waals surface area contributed by atoms with E-state index < -0.39 is 10.0 Å². The lowest BCUT2D eigenvalue weighted by Crippen LogP contribution is -2.26. The third-order valence-electron chi connectivity index (χ3n) is 2.90. The van der Waals surface area contributed by atoms with Crippen LogP contribution in [0.15, 0.2) is 56.3 Å². The lowest BCUT2D eigenvalue weighted by molar-refractivity contribution is 0.567. The SMILES string of the molecule is C[C@H](NS(=O)(=O)c1ccc(Cl)c(Br)c1)c1ccc(Br)cc1. The predicted octanol–water partition coefficient (Wildman–Crippen LogP) is 4.90. The quantitative estimate of drug-likeness (QED) is 0.715. The van der Waals surface area contributed by atoms with Crippen molar-refractivity contribution in [1.82, 2.24) is 4.72 Å². The van der Waals surface area contributed by atoms with E-state index in [0.29, 0.717) is 9.50 Å². The second kappa shape index (κ2) is 6.79. The van der Waals surface area contributed by atoms with Crippen molar-refractivity contribution < 1.29 is 8.42 Å². The summed E-state index contributed by atoms with van der Waals surface area (Å²) in [5.74, 6) is 0. The van der Waals surface area contributed by atoms with Crippen molar-refractivity contribution in [2.24, 2.45) is 0 Å². The number of hydrogen-bond acceptors (Lipinski definition) is 2. The smallest absolute Gasteiger partial charge is 0.207 e. The summed E-state index contributed by atoms with van der Waals surface area (Å²) < 4.78 is 28.9. The van der Waals surface area contributed by atoms with Crippen LogP contribution in [-0.2, 0) is 10.0 Å². The van der Waals surface area contributed by atoms with Crippen LogP contribution in [0, 0.1) is 0 Å². The first kappa shape index (κ1) is 17.0. The molecule has 0 saturated carbocycles. The van der Waals surface area contributed by atoms with Crippen LogP contribution in [0.4, 0.5) is 0 Å². The normalized spacial score (nSPS) is 13.1. The molecule has 0 bridgehead atoms. The van der Waals surface area contributed by atoms with E-state index in [4.69, 9.17) is 11.6 Å². The van der Waals surface area contributed by atoms with Gasteiger partial charge in [0.25, 0.3) is 0 Å². The summed E-state index contributed by atoms with van der Waals surface area (Å²) in [7, 11) is -3.61. The van der Waals surface area contributed by atoms with Gasteiger partial charge in [-0.2, -0.15) is 0 Å². The Kier molecular flexibility index (Phi) is 5.48. The number of sulfonamides is 1. The zero-order valence-corrected chi connectivity index (χ0v) is 15.7. The maximum absolute atomic E-state index is 12.4. The minimum Gasteiger partial charge on any atom is -0.207 e. The Labute approximate surface area is 146 Å². The highest BCUT2D eigenvalue weighted by Gasteiger charge is 2.19. The first-order valence-corrected chi connectivity index (χ1v) is 9.47. The molecule has 0 aromatic heterocycles. The molecule has 0 aliphatic carbocycles. The Morgan fingerprint density at radius 1 is 1.10 bits per heavy atom. The Balaban J connectivity index is 2.24. The molecule has 0 amide bonds. The zero-order valence-electron chi connectivity index (χ0n) is 11.0. The standard InChI is InChI=1S/C14H12Br2ClNO2S/c1-9(10-2-4-11(15)5-3-10)18-21(19,20)12-6-7-14(17)13(16)8-12/h2-9,18H,1H3/t9-/m0/s1. The second-order valence-corrected chi connectivity index (χ2v) is 8.36. The van der Waals surface area contributed by atoms with Gasteiger partial charge in [-0.3, -0.25) is 0 Å². The van der Waals surface area contributed by atoms with E-state index in [0.717, 1.165) is 10.0 Å². The van der Waals surface area contributed by atoms with E-state index in [-0.39, 0.29) is 10.9 Å². The summed E-state index contributed by atoms with van der Waals surface area (Å²) in [6.07, 6.45) is 0. The fourth-order valence-corrected chi connectivity index (χ4v) is 3.93. The summed E-state index contributed by atoms with van der Waals surface area (Å²) in [6, 6.07) is 11.7. The average molecular weight is 454 g/mol. The Morgan fingerprint density at radius 3 is 2.29 bits per heavy atom. The van der Waals surface area contributed by atoms with Crippen LogP contribution in [0.1, 0.15) is 18.5 Å². The monoisotopic (exact) mass is 451 g/mol. The highest BCUT2D eigenvalue weighted by Crippen LogP contribution is 2.26. The number of halogens is 3. The van der Waals surface area contributed by atoms with Gasteiger partial charge in [0.1, 0.15) is 0 Å². The van der Waals surface area contributed by atoms with E-state index in [1.54, 1.807) is 13.0 Å². The molecule has 2 rings (SSSR count). The van der Waals surface area contributed by atoms with Crippen molar-refractivity contribution in [3.63, 3.8) is 0 Å². The maximum Gasteiger partial charge on any atom is 0.241 e. The molecule has 0 spiro atoms. The summed E-state index contributed by atoms with van der Waals surface area (Å²) in [6.45, 7) is 1.80. The molecule has 2 aromatic rings. The Morgan fingerprint density at radius 2 is 1.71 bits per heavy atom. The third kappa shape index (κ3) is 4.29. The lowest BCUT2D eigenvalue weighted by atomic mass is 10.1. The van der Waals surface area contributed by atoms with Crippen LogP contribution in [0.3, 0.4) is 0 Å². The van der Waals surface area contributed by atoms with Gasteiger partial charge < -0.3 is 0 Å². The van der Waals surface area contributed by atoms with Crippen LogP contribution < -0.4 is 4.72 Å². The molecule has 0 saturated heterocycles. The highest BCUT2D eigenvalue weighted by atomic mass is 79.9. The second-order valence-electron chi connectivity index (χ2n) is 4.47. The molecular formula is C14H12Br2ClNO2S. The molecular weight excluding hydrogens is 441 g/mol. The van der Waals surface area contributed by atoms with Crippen molar-refractivity contribution in [3.05, 3.63) is 62.0 Å². The predicted molar refractivity (Wildman–Crippen MR) is 92.0 cm³/mol. The molecule has 21 heavy (non-hydrogen) atoms. The van der Waals surface area contributed by atoms with Gasteiger partial charge in [0.05, 0.1) is 9.92 Å². The molecule has 7 heteroatoms. The zero-order chi connectivity index (χ0) is 15.6. The maximum atomic E-state index is 12.4. The number of rotatable bonds is 4. The van der Waals surface area contributed by atoms with Crippen molar-refractivity contribution in [1.29, 1.82) is 0 Å². The summed E-state index contributed by atoms with van der Waals surface area (Å²) >= 11 is 12.5. The van der Waals surface area contributed by atoms with Gasteiger partial charge in [0, 0.05) is 15.0 Å². The fourth-order valence-electron chi connectivity index (χ4n) is 1.76. The van der Waals surface area contributed by atoms with E-state index >= 15 is 0 Å². The van der Waals surface area contributed by atoms with Gasteiger partial charge in [-0.25, -0.2) is 13.1 Å². The molecule has 2 aromatic carbocycles. The van der Waals surface area contributed by atoms with Gasteiger partial charge in [0.15, 0.2) is 0 Å². The lowest BCUT2D eigenvalue weighted by Gasteiger charge is -2.15. The van der Waals surface area contributed by atoms with E-state index in [9.17, 15) is 8.42 Å². The number of hydrogen-bond donors (Lipinski definition) is 1. The summed E-state index contributed by atoms with van der Waals surface area (Å²) in [5, 5.41) is 0.468. The molecule has 0 radical (unpaired) electrons. The molecule has 1 atom stereocenters. The van der Waals surface area contributed by atoms with Gasteiger partial charge in [-0.1, -0.05) is 39.7 Å². The first-order valence-electron chi connectivity index (χ1n) is 6.02. The highest BCUT2D eigenvalue weighted by molar-refractivity contribution is 9.10. The first-order chi connectivity index (χ1) is 9.79.